The number of hydrogen-bond acceptors (Lipinski definition) is 10. The third-order valence-corrected chi connectivity index (χ3v) is 13.1. The fraction of sp³-hybridized carbons (Fsp3) is 0.420. The maximum absolute atomic E-state index is 12.9. The van der Waals surface area contributed by atoms with Crippen molar-refractivity contribution < 1.29 is 40.9 Å². The van der Waals surface area contributed by atoms with E-state index in [9.17, 15) is 19.5 Å². The molecule has 0 bridgehead atoms. The molecule has 18 heteroatoms. The van der Waals surface area contributed by atoms with Crippen molar-refractivity contribution in [3.8, 4) is 11.4 Å². The van der Waals surface area contributed by atoms with E-state index in [4.69, 9.17) is 0 Å². The molecular formula is C50H65BBr2N10NaO4. The van der Waals surface area contributed by atoms with E-state index in [1.807, 2.05) is 77.9 Å². The quantitative estimate of drug-likeness (QED) is 0.160. The van der Waals surface area contributed by atoms with Gasteiger partial charge in [-0.15, -0.1) is 0 Å². The number of rotatable bonds is 12. The second-order valence-electron chi connectivity index (χ2n) is 17.2. The van der Waals surface area contributed by atoms with Gasteiger partial charge in [-0.2, -0.15) is 10.2 Å². The molecule has 4 heterocycles. The largest absolute Gasteiger partial charge is 1.00 e. The van der Waals surface area contributed by atoms with Crippen LogP contribution in [0.15, 0.2) is 128 Å². The standard InChI is InChI=1S/C24H30BrN5O2.C24H28BrN5O2.C2H6.B.Na.H/c2*1-17(2)23(18(3)31)30-24(32)29(16-26-30)22-10-8-21(9-11-22)28-14-12-27(13-15-28)20-6-4-19(25)5-7-20;1-2;;;/h4-11,16-18,23,31H,12-15H2,1-3H3;4-11,16-17,23H,12-15H2,1-3H3;1-2H3;;;/q;;;;+1;-1. The van der Waals surface area contributed by atoms with Gasteiger partial charge in [0.25, 0.3) is 0 Å². The molecule has 2 aliphatic heterocycles. The van der Waals surface area contributed by atoms with E-state index < -0.39 is 12.1 Å². The van der Waals surface area contributed by atoms with Gasteiger partial charge in [-0.05, 0) is 123 Å². The van der Waals surface area contributed by atoms with Gasteiger partial charge in [-0.1, -0.05) is 73.4 Å². The smallest absolute Gasteiger partial charge is 1.00 e. The summed E-state index contributed by atoms with van der Waals surface area (Å²) in [6.45, 7) is 22.6. The van der Waals surface area contributed by atoms with Crippen LogP contribution in [0.3, 0.4) is 0 Å². The van der Waals surface area contributed by atoms with Gasteiger partial charge in [0.05, 0.1) is 23.5 Å². The molecule has 3 radical (unpaired) electrons. The molecule has 357 valence electrons. The molecule has 2 aliphatic rings. The molecule has 3 atom stereocenters. The molecule has 8 rings (SSSR count). The second kappa shape index (κ2) is 26.0. The maximum Gasteiger partial charge on any atom is 1.00 e. The summed E-state index contributed by atoms with van der Waals surface area (Å²) in [4.78, 5) is 47.4. The minimum Gasteiger partial charge on any atom is -1.00 e. The van der Waals surface area contributed by atoms with Crippen molar-refractivity contribution >= 4 is 68.8 Å². The predicted molar refractivity (Wildman–Crippen MR) is 281 cm³/mol. The number of aromatic nitrogens is 6. The van der Waals surface area contributed by atoms with Crippen LogP contribution >= 0.6 is 31.9 Å². The Labute approximate surface area is 443 Å². The normalized spacial score (nSPS) is 15.0. The number of Topliss-reactive ketones (excluding diaryl/α,β-unsaturated/α-hetero) is 1. The summed E-state index contributed by atoms with van der Waals surface area (Å²) < 4.78 is 7.90. The molecule has 1 N–H and O–H groups in total. The van der Waals surface area contributed by atoms with Crippen LogP contribution in [0.2, 0.25) is 0 Å². The van der Waals surface area contributed by atoms with E-state index in [0.29, 0.717) is 0 Å². The van der Waals surface area contributed by atoms with E-state index in [1.165, 1.54) is 49.5 Å². The molecule has 4 aromatic carbocycles. The van der Waals surface area contributed by atoms with Gasteiger partial charge in [0.2, 0.25) is 0 Å². The zero-order chi connectivity index (χ0) is 47.7. The Balaban J connectivity index is 0.000000338. The molecule has 2 fully saturated rings. The van der Waals surface area contributed by atoms with Crippen molar-refractivity contribution in [2.45, 2.75) is 73.6 Å². The molecule has 0 spiro atoms. The third kappa shape index (κ3) is 13.5. The Hall–Kier alpha value is -4.39. The van der Waals surface area contributed by atoms with Crippen LogP contribution in [0.1, 0.15) is 68.9 Å². The van der Waals surface area contributed by atoms with E-state index in [-0.39, 0.29) is 74.4 Å². The number of benzene rings is 4. The fourth-order valence-corrected chi connectivity index (χ4v) is 9.28. The summed E-state index contributed by atoms with van der Waals surface area (Å²) in [5.74, 6) is 0.0199. The average molecular weight is 1060 g/mol. The Morgan fingerprint density at radius 1 is 0.529 bits per heavy atom. The first-order valence-electron chi connectivity index (χ1n) is 22.9. The van der Waals surface area contributed by atoms with Crippen LogP contribution in [0.4, 0.5) is 22.7 Å². The summed E-state index contributed by atoms with van der Waals surface area (Å²) in [5, 5.41) is 18.6. The van der Waals surface area contributed by atoms with Gasteiger partial charge < -0.3 is 26.1 Å². The number of aliphatic hydroxyl groups excluding tert-OH is 1. The van der Waals surface area contributed by atoms with E-state index in [1.54, 1.807) is 6.92 Å². The number of ketones is 1. The Kier molecular flexibility index (Phi) is 21.5. The first-order valence-corrected chi connectivity index (χ1v) is 24.5. The van der Waals surface area contributed by atoms with Crippen molar-refractivity contribution in [2.75, 3.05) is 72.0 Å². The molecule has 3 unspecified atom stereocenters. The van der Waals surface area contributed by atoms with Gasteiger partial charge in [0.15, 0.2) is 5.78 Å². The van der Waals surface area contributed by atoms with E-state index in [0.717, 1.165) is 84.1 Å². The van der Waals surface area contributed by atoms with E-state index >= 15 is 0 Å². The third-order valence-electron chi connectivity index (χ3n) is 12.1. The molecule has 0 amide bonds. The fourth-order valence-electron chi connectivity index (χ4n) is 8.75. The van der Waals surface area contributed by atoms with Crippen LogP contribution < -0.4 is 60.5 Å². The second-order valence-corrected chi connectivity index (χ2v) is 19.0. The Morgan fingerprint density at radius 3 is 1.09 bits per heavy atom. The monoisotopic (exact) mass is 1060 g/mol. The summed E-state index contributed by atoms with van der Waals surface area (Å²) in [6, 6.07) is 31.9. The molecule has 68 heavy (non-hydrogen) atoms. The summed E-state index contributed by atoms with van der Waals surface area (Å²) in [6.07, 6.45) is 2.37. The molecule has 6 aromatic rings. The molecule has 14 nitrogen and oxygen atoms in total. The van der Waals surface area contributed by atoms with Crippen molar-refractivity contribution in [2.24, 2.45) is 11.8 Å². The van der Waals surface area contributed by atoms with Crippen molar-refractivity contribution in [1.82, 2.24) is 28.7 Å². The Morgan fingerprint density at radius 2 is 0.809 bits per heavy atom. The van der Waals surface area contributed by atoms with Crippen LogP contribution in [0.5, 0.6) is 0 Å². The minimum atomic E-state index is -0.658. The first kappa shape index (κ1) is 56.2. The zero-order valence-corrected chi connectivity index (χ0v) is 46.1. The Bertz CT molecular complexity index is 2580. The molecule has 0 aliphatic carbocycles. The zero-order valence-electron chi connectivity index (χ0n) is 41.9. The van der Waals surface area contributed by atoms with Gasteiger partial charge in [0.1, 0.15) is 18.7 Å². The number of anilines is 4. The summed E-state index contributed by atoms with van der Waals surface area (Å²) in [7, 11) is 0. The minimum absolute atomic E-state index is 0. The average Bonchev–Trinajstić information content (AvgIpc) is 3.88. The molecule has 2 saturated heterocycles. The molecule has 2 aromatic heterocycles. The van der Waals surface area contributed by atoms with Crippen LogP contribution in [0, 0.1) is 11.8 Å². The topological polar surface area (TPSA) is 130 Å². The number of hydrogen-bond donors (Lipinski definition) is 1. The van der Waals surface area contributed by atoms with Crippen LogP contribution in [-0.2, 0) is 4.79 Å². The van der Waals surface area contributed by atoms with Crippen LogP contribution in [-0.4, -0.2) is 106 Å². The number of carbonyl (C=O) groups is 1. The van der Waals surface area contributed by atoms with Gasteiger partial charge in [0, 0.05) is 92.5 Å². The predicted octanol–water partition coefficient (Wildman–Crippen LogP) is 5.37. The SMILES string of the molecule is CC.CC(=O)C(C(C)C)n1ncn(-c2ccc(N3CCN(c4ccc(Br)cc4)CC3)cc2)c1=O.CC(C)C(C(C)O)n1ncn(-c2ccc(N3CCN(c4ccc(Br)cc4)CC3)cc2)c1=O.[B].[H-].[Na+]. The van der Waals surface area contributed by atoms with Crippen molar-refractivity contribution in [3.05, 3.63) is 140 Å². The van der Waals surface area contributed by atoms with Gasteiger partial charge in [-0.3, -0.25) is 4.79 Å². The van der Waals surface area contributed by atoms with Crippen molar-refractivity contribution in [1.29, 1.82) is 0 Å². The number of carbonyl (C=O) groups excluding carboxylic acids is 1. The number of nitrogens with zero attached hydrogens (tertiary/aromatic N) is 10. The molecule has 0 saturated carbocycles. The van der Waals surface area contributed by atoms with Crippen molar-refractivity contribution in [3.63, 3.8) is 0 Å². The molecular weight excluding hydrogens is 998 g/mol. The van der Waals surface area contributed by atoms with E-state index in [2.05, 4.69) is 122 Å². The maximum atomic E-state index is 12.9. The number of piperazine rings is 2. The first-order chi connectivity index (χ1) is 31.7. The van der Waals surface area contributed by atoms with Gasteiger partial charge >= 0.3 is 40.9 Å². The van der Waals surface area contributed by atoms with Gasteiger partial charge in [-0.25, -0.2) is 28.1 Å². The number of halogens is 2. The van der Waals surface area contributed by atoms with Crippen LogP contribution in [0.25, 0.3) is 11.4 Å². The summed E-state index contributed by atoms with van der Waals surface area (Å²) >= 11 is 6.98. The summed E-state index contributed by atoms with van der Waals surface area (Å²) in [5.41, 5.74) is 5.75. The number of aliphatic hydroxyl groups is 1.